The van der Waals surface area contributed by atoms with E-state index in [1.165, 1.54) is 25.3 Å². The van der Waals surface area contributed by atoms with E-state index in [2.05, 4.69) is 34.2 Å². The number of pyridine rings is 2. The smallest absolute Gasteiger partial charge is 0.155 e. The summed E-state index contributed by atoms with van der Waals surface area (Å²) in [5, 5.41) is 9.53. The van der Waals surface area contributed by atoms with Gasteiger partial charge in [0.2, 0.25) is 0 Å². The first-order valence-corrected chi connectivity index (χ1v) is 11.5. The van der Waals surface area contributed by atoms with Crippen LogP contribution in [0.5, 0.6) is 0 Å². The Morgan fingerprint density at radius 1 is 0.730 bits per heavy atom. The van der Waals surface area contributed by atoms with E-state index in [0.29, 0.717) is 0 Å². The summed E-state index contributed by atoms with van der Waals surface area (Å²) in [6.07, 6.45) is 1.17. The number of fused-ring (bicyclic) bond motifs is 1. The second-order valence-electron chi connectivity index (χ2n) is 8.00. The molecule has 0 aliphatic carbocycles. The fraction of sp³-hybridized carbons (Fsp3) is 0.0938. The molecular formula is C32H28IrN2O2-2. The number of aromatic nitrogens is 2. The van der Waals surface area contributed by atoms with Crippen molar-refractivity contribution >= 4 is 16.7 Å². The summed E-state index contributed by atoms with van der Waals surface area (Å²) in [4.78, 5) is 19.0. The van der Waals surface area contributed by atoms with Crippen LogP contribution in [0.4, 0.5) is 0 Å². The number of nitrogens with zero attached hydrogens (tertiary/aromatic N) is 2. The molecule has 0 aliphatic heterocycles. The van der Waals surface area contributed by atoms with E-state index in [1.54, 1.807) is 0 Å². The molecule has 37 heavy (non-hydrogen) atoms. The molecule has 0 unspecified atom stereocenters. The third kappa shape index (κ3) is 9.92. The molecule has 0 saturated heterocycles. The van der Waals surface area contributed by atoms with E-state index in [9.17, 15) is 4.79 Å². The predicted octanol–water partition coefficient (Wildman–Crippen LogP) is 7.59. The Morgan fingerprint density at radius 2 is 1.32 bits per heavy atom. The number of aryl methyl sites for hydroxylation is 1. The summed E-state index contributed by atoms with van der Waals surface area (Å²) >= 11 is 0. The summed E-state index contributed by atoms with van der Waals surface area (Å²) in [5.74, 6) is -0.0625. The first kappa shape index (κ1) is 29.3. The van der Waals surface area contributed by atoms with Gasteiger partial charge in [-0.1, -0.05) is 42.5 Å². The van der Waals surface area contributed by atoms with Crippen LogP contribution in [0.1, 0.15) is 19.5 Å². The molecule has 0 spiro atoms. The number of para-hydroxylation sites is 1. The van der Waals surface area contributed by atoms with Crippen molar-refractivity contribution in [1.82, 2.24) is 9.97 Å². The van der Waals surface area contributed by atoms with Gasteiger partial charge in [0.05, 0.1) is 11.3 Å². The number of rotatable bonds is 3. The number of allylic oxidation sites excluding steroid dienone is 2. The average molecular weight is 665 g/mol. The monoisotopic (exact) mass is 665 g/mol. The molecule has 3 aromatic carbocycles. The molecule has 0 saturated carbocycles. The molecule has 1 radical (unpaired) electrons. The number of ketones is 1. The molecule has 5 rings (SSSR count). The minimum Gasteiger partial charge on any atom is -0.512 e. The van der Waals surface area contributed by atoms with Crippen LogP contribution >= 0.6 is 0 Å². The van der Waals surface area contributed by atoms with Crippen molar-refractivity contribution in [3.8, 4) is 22.5 Å². The molecule has 0 atom stereocenters. The molecule has 0 fully saturated rings. The van der Waals surface area contributed by atoms with E-state index >= 15 is 0 Å². The molecule has 0 aliphatic rings. The molecule has 5 heteroatoms. The minimum atomic E-state index is -0.125. The van der Waals surface area contributed by atoms with Gasteiger partial charge in [-0.2, -0.15) is 0 Å². The van der Waals surface area contributed by atoms with Crippen LogP contribution in [0.2, 0.25) is 0 Å². The van der Waals surface area contributed by atoms with Crippen molar-refractivity contribution in [3.63, 3.8) is 0 Å². The van der Waals surface area contributed by atoms with E-state index in [1.807, 2.05) is 97.9 Å². The van der Waals surface area contributed by atoms with Crippen LogP contribution in [0, 0.1) is 19.1 Å². The number of carbonyl (C=O) groups is 1. The van der Waals surface area contributed by atoms with Gasteiger partial charge in [-0.25, -0.2) is 0 Å². The minimum absolute atomic E-state index is 0. The van der Waals surface area contributed by atoms with Crippen molar-refractivity contribution in [3.05, 3.63) is 133 Å². The van der Waals surface area contributed by atoms with Crippen molar-refractivity contribution < 1.29 is 30.0 Å². The van der Waals surface area contributed by atoms with Gasteiger partial charge in [-0.3, -0.25) is 9.78 Å². The van der Waals surface area contributed by atoms with Crippen molar-refractivity contribution in [1.29, 1.82) is 0 Å². The number of hydrogen-bond acceptors (Lipinski definition) is 4. The van der Waals surface area contributed by atoms with Gasteiger partial charge >= 0.3 is 0 Å². The SMILES string of the molecule is CC(=O)/C=C(/C)O.Cc1cccc(-c2[c-]cccc2)n1.[Ir].[c-]1ccccc1-c1ccc2ccccc2n1. The summed E-state index contributed by atoms with van der Waals surface area (Å²) in [6.45, 7) is 4.84. The molecule has 1 N–H and O–H groups in total. The van der Waals surface area contributed by atoms with Crippen molar-refractivity contribution in [2.45, 2.75) is 20.8 Å². The summed E-state index contributed by atoms with van der Waals surface area (Å²) in [5.41, 5.74) is 6.10. The first-order chi connectivity index (χ1) is 17.4. The second kappa shape index (κ2) is 15.2. The number of aliphatic hydroxyl groups excluding tert-OH is 1. The van der Waals surface area contributed by atoms with Crippen LogP contribution in [0.3, 0.4) is 0 Å². The number of benzene rings is 3. The van der Waals surface area contributed by atoms with E-state index in [-0.39, 0.29) is 31.6 Å². The molecule has 0 amide bonds. The number of carbonyl (C=O) groups excluding carboxylic acids is 1. The Kier molecular flexibility index (Phi) is 12.1. The molecule has 5 aromatic rings. The van der Waals surface area contributed by atoms with Crippen LogP contribution in [-0.2, 0) is 24.9 Å². The Hall–Kier alpha value is -3.92. The van der Waals surface area contributed by atoms with E-state index in [0.717, 1.165) is 33.7 Å². The van der Waals surface area contributed by atoms with Gasteiger partial charge in [0.1, 0.15) is 0 Å². The summed E-state index contributed by atoms with van der Waals surface area (Å²) in [6, 6.07) is 40.4. The Bertz CT molecular complexity index is 1430. The fourth-order valence-corrected chi connectivity index (χ4v) is 3.31. The van der Waals surface area contributed by atoms with E-state index in [4.69, 9.17) is 5.11 Å². The number of aliphatic hydroxyl groups is 1. The first-order valence-electron chi connectivity index (χ1n) is 11.5. The standard InChI is InChI=1S/C15H10N.C12H10N.C5H8O2.Ir/c1-2-6-12(7-3-1)15-11-10-13-8-4-5-9-14(13)16-15;1-10-6-5-9-12(13-10)11-7-3-2-4-8-11;1-4(6)3-5(2)7;/h1-6,8-11H;2-7,9H,1H3;3,6H,1-2H3;/q2*-1;;/b;;4-3-;. The van der Waals surface area contributed by atoms with Crippen LogP contribution in [0.25, 0.3) is 33.4 Å². The maximum atomic E-state index is 10.0. The summed E-state index contributed by atoms with van der Waals surface area (Å²) in [7, 11) is 0. The van der Waals surface area contributed by atoms with Gasteiger partial charge < -0.3 is 10.1 Å². The zero-order valence-electron chi connectivity index (χ0n) is 21.0. The number of hydrogen-bond donors (Lipinski definition) is 1. The molecular weight excluding hydrogens is 637 g/mol. The molecule has 2 aromatic heterocycles. The predicted molar refractivity (Wildman–Crippen MR) is 146 cm³/mol. The Labute approximate surface area is 232 Å². The molecule has 2 heterocycles. The van der Waals surface area contributed by atoms with Gasteiger partial charge in [-0.15, -0.1) is 71.8 Å². The zero-order valence-corrected chi connectivity index (χ0v) is 23.4. The third-order valence-corrected chi connectivity index (χ3v) is 4.87. The van der Waals surface area contributed by atoms with Crippen molar-refractivity contribution in [2.75, 3.05) is 0 Å². The Morgan fingerprint density at radius 3 is 1.84 bits per heavy atom. The topological polar surface area (TPSA) is 63.1 Å². The van der Waals surface area contributed by atoms with Crippen LogP contribution < -0.4 is 0 Å². The van der Waals surface area contributed by atoms with Crippen LogP contribution in [-0.4, -0.2) is 20.9 Å². The van der Waals surface area contributed by atoms with Gasteiger partial charge in [0.15, 0.2) is 5.78 Å². The maximum Gasteiger partial charge on any atom is 0.155 e. The fourth-order valence-electron chi connectivity index (χ4n) is 3.31. The quantitative estimate of drug-likeness (QED) is 0.123. The second-order valence-corrected chi connectivity index (χ2v) is 8.00. The van der Waals surface area contributed by atoms with Gasteiger partial charge in [0.25, 0.3) is 0 Å². The van der Waals surface area contributed by atoms with Crippen LogP contribution in [0.15, 0.2) is 115 Å². The average Bonchev–Trinajstić information content (AvgIpc) is 2.89. The largest absolute Gasteiger partial charge is 0.512 e. The van der Waals surface area contributed by atoms with E-state index < -0.39 is 0 Å². The molecule has 0 bridgehead atoms. The van der Waals surface area contributed by atoms with Gasteiger partial charge in [0, 0.05) is 31.9 Å². The Balaban J connectivity index is 0.000000208. The maximum absolute atomic E-state index is 10.0. The van der Waals surface area contributed by atoms with Crippen molar-refractivity contribution in [2.24, 2.45) is 0 Å². The summed E-state index contributed by atoms with van der Waals surface area (Å²) < 4.78 is 0. The third-order valence-electron chi connectivity index (χ3n) is 4.87. The van der Waals surface area contributed by atoms with Gasteiger partial charge in [-0.05, 0) is 49.7 Å². The zero-order chi connectivity index (χ0) is 25.8. The molecule has 189 valence electrons. The normalized spacial score (nSPS) is 10.2. The molecule has 4 nitrogen and oxygen atoms in total.